The number of rotatable bonds is 6. The average Bonchev–Trinajstić information content (AvgIpc) is 3.17. The first-order chi connectivity index (χ1) is 13.3. The van der Waals surface area contributed by atoms with Gasteiger partial charge < -0.3 is 5.32 Å². The Labute approximate surface area is 167 Å². The van der Waals surface area contributed by atoms with Crippen LogP contribution in [0.25, 0.3) is 21.3 Å². The van der Waals surface area contributed by atoms with E-state index in [4.69, 9.17) is 0 Å². The van der Waals surface area contributed by atoms with Gasteiger partial charge in [0.05, 0.1) is 11.1 Å². The molecule has 3 aromatic rings. The first-order valence-corrected chi connectivity index (χ1v) is 11.3. The average molecular weight is 398 g/mol. The Hall–Kier alpha value is -1.92. The number of amides is 1. The van der Waals surface area contributed by atoms with E-state index in [2.05, 4.69) is 32.8 Å². The zero-order chi connectivity index (χ0) is 18.5. The summed E-state index contributed by atoms with van der Waals surface area (Å²) in [6, 6.07) is 10.3. The summed E-state index contributed by atoms with van der Waals surface area (Å²) >= 11 is 3.12. The van der Waals surface area contributed by atoms with Crippen LogP contribution in [0.3, 0.4) is 0 Å². The van der Waals surface area contributed by atoms with Crippen LogP contribution in [0.2, 0.25) is 0 Å². The number of carbonyl (C=O) groups is 1. The molecule has 1 fully saturated rings. The molecule has 2 heterocycles. The van der Waals surface area contributed by atoms with Gasteiger partial charge in [-0.15, -0.1) is 11.3 Å². The van der Waals surface area contributed by atoms with Crippen LogP contribution >= 0.6 is 23.1 Å². The smallest absolute Gasteiger partial charge is 0.230 e. The van der Waals surface area contributed by atoms with Crippen molar-refractivity contribution in [2.24, 2.45) is 5.92 Å². The number of nitrogens with zero attached hydrogens (tertiary/aromatic N) is 2. The summed E-state index contributed by atoms with van der Waals surface area (Å²) in [6.45, 7) is 0.812. The Bertz CT molecular complexity index is 904. The molecule has 1 aliphatic carbocycles. The van der Waals surface area contributed by atoms with Gasteiger partial charge in [-0.2, -0.15) is 0 Å². The van der Waals surface area contributed by atoms with Gasteiger partial charge in [-0.25, -0.2) is 9.97 Å². The molecule has 6 heteroatoms. The Morgan fingerprint density at radius 2 is 1.96 bits per heavy atom. The van der Waals surface area contributed by atoms with Gasteiger partial charge in [0, 0.05) is 17.5 Å². The van der Waals surface area contributed by atoms with Crippen LogP contribution in [-0.2, 0) is 4.79 Å². The third-order valence-corrected chi connectivity index (χ3v) is 6.95. The van der Waals surface area contributed by atoms with Crippen molar-refractivity contribution in [2.45, 2.75) is 37.1 Å². The van der Waals surface area contributed by atoms with E-state index >= 15 is 0 Å². The van der Waals surface area contributed by atoms with E-state index < -0.39 is 0 Å². The van der Waals surface area contributed by atoms with Gasteiger partial charge >= 0.3 is 0 Å². The summed E-state index contributed by atoms with van der Waals surface area (Å²) in [5.74, 6) is 1.14. The molecule has 4 nitrogen and oxygen atoms in total. The molecule has 1 saturated carbocycles. The molecular formula is C21H23N3OS2. The minimum atomic E-state index is 0.0915. The topological polar surface area (TPSA) is 54.9 Å². The maximum Gasteiger partial charge on any atom is 0.230 e. The zero-order valence-electron chi connectivity index (χ0n) is 15.2. The van der Waals surface area contributed by atoms with E-state index in [0.29, 0.717) is 11.7 Å². The zero-order valence-corrected chi connectivity index (χ0v) is 16.8. The fraction of sp³-hybridized carbons (Fsp3) is 0.381. The maximum absolute atomic E-state index is 12.3. The molecule has 1 N–H and O–H groups in total. The Morgan fingerprint density at radius 1 is 1.15 bits per heavy atom. The van der Waals surface area contributed by atoms with E-state index in [1.54, 1.807) is 17.7 Å². The van der Waals surface area contributed by atoms with Crippen molar-refractivity contribution in [1.29, 1.82) is 0 Å². The lowest BCUT2D eigenvalue weighted by Gasteiger charge is -2.21. The van der Waals surface area contributed by atoms with E-state index in [-0.39, 0.29) is 5.91 Å². The van der Waals surface area contributed by atoms with E-state index in [1.807, 2.05) is 18.2 Å². The molecule has 0 saturated heterocycles. The minimum absolute atomic E-state index is 0.0915. The quantitative estimate of drug-likeness (QED) is 0.462. The van der Waals surface area contributed by atoms with Crippen LogP contribution < -0.4 is 5.32 Å². The van der Waals surface area contributed by atoms with Crippen LogP contribution in [0.5, 0.6) is 0 Å². The molecule has 2 aromatic heterocycles. The first-order valence-electron chi connectivity index (χ1n) is 9.48. The van der Waals surface area contributed by atoms with E-state index in [9.17, 15) is 4.79 Å². The number of thiophene rings is 1. The number of thioether (sulfide) groups is 1. The summed E-state index contributed by atoms with van der Waals surface area (Å²) in [6.07, 6.45) is 8.03. The molecule has 4 rings (SSSR count). The predicted octanol–water partition coefficient (Wildman–Crippen LogP) is 5.15. The van der Waals surface area contributed by atoms with E-state index in [1.165, 1.54) is 43.9 Å². The molecule has 0 bridgehead atoms. The minimum Gasteiger partial charge on any atom is -0.355 e. The Balaban J connectivity index is 1.44. The Kier molecular flexibility index (Phi) is 6.04. The number of nitrogens with one attached hydrogen (secondary N) is 1. The van der Waals surface area contributed by atoms with E-state index in [0.717, 1.165) is 32.9 Å². The van der Waals surface area contributed by atoms with Gasteiger partial charge in [0.2, 0.25) is 5.91 Å². The normalized spacial score (nSPS) is 15.1. The number of hydrogen-bond donors (Lipinski definition) is 1. The molecule has 1 aromatic carbocycles. The van der Waals surface area contributed by atoms with Crippen molar-refractivity contribution in [2.75, 3.05) is 12.3 Å². The van der Waals surface area contributed by atoms with Crippen molar-refractivity contribution < 1.29 is 4.79 Å². The van der Waals surface area contributed by atoms with Crippen LogP contribution in [-0.4, -0.2) is 28.2 Å². The summed E-state index contributed by atoms with van der Waals surface area (Å²) in [5.41, 5.74) is 2.29. The molecule has 0 radical (unpaired) electrons. The highest BCUT2D eigenvalue weighted by Gasteiger charge is 2.16. The molecule has 0 unspecified atom stereocenters. The van der Waals surface area contributed by atoms with Gasteiger partial charge in [0.25, 0.3) is 0 Å². The summed E-state index contributed by atoms with van der Waals surface area (Å²) in [4.78, 5) is 22.2. The van der Waals surface area contributed by atoms with Gasteiger partial charge in [0.1, 0.15) is 16.2 Å². The number of hydrogen-bond acceptors (Lipinski definition) is 5. The lowest BCUT2D eigenvalue weighted by molar-refractivity contribution is -0.118. The summed E-state index contributed by atoms with van der Waals surface area (Å²) < 4.78 is 0. The second-order valence-corrected chi connectivity index (χ2v) is 8.79. The lowest BCUT2D eigenvalue weighted by atomic mass is 9.89. The number of fused-ring (bicyclic) bond motifs is 1. The van der Waals surface area contributed by atoms with Crippen molar-refractivity contribution >= 4 is 39.2 Å². The highest BCUT2D eigenvalue weighted by molar-refractivity contribution is 8.00. The first kappa shape index (κ1) is 18.4. The fourth-order valence-electron chi connectivity index (χ4n) is 3.62. The number of carbonyl (C=O) groups excluding carboxylic acids is 1. The standard InChI is InChI=1S/C21H23N3OS2/c25-18(22-11-15-7-3-1-4-8-15)13-27-21-19-17(16-9-5-2-6-10-16)12-26-20(19)23-14-24-21/h2,5-6,9-10,12,14-15H,1,3-4,7-8,11,13H2,(H,22,25). The molecule has 27 heavy (non-hydrogen) atoms. The van der Waals surface area contributed by atoms with Crippen molar-refractivity contribution in [1.82, 2.24) is 15.3 Å². The molecule has 0 atom stereocenters. The fourth-order valence-corrected chi connectivity index (χ4v) is 5.44. The Morgan fingerprint density at radius 3 is 2.78 bits per heavy atom. The molecular weight excluding hydrogens is 374 g/mol. The summed E-state index contributed by atoms with van der Waals surface area (Å²) in [7, 11) is 0. The molecule has 0 aliphatic heterocycles. The van der Waals surface area contributed by atoms with Gasteiger partial charge in [-0.3, -0.25) is 4.79 Å². The summed E-state index contributed by atoms with van der Waals surface area (Å²) in [5, 5.41) is 7.17. The van der Waals surface area contributed by atoms with Crippen molar-refractivity contribution in [3.8, 4) is 11.1 Å². The van der Waals surface area contributed by atoms with Crippen LogP contribution in [0.15, 0.2) is 47.1 Å². The van der Waals surface area contributed by atoms with Gasteiger partial charge in [0.15, 0.2) is 0 Å². The van der Waals surface area contributed by atoms with Gasteiger partial charge in [-0.1, -0.05) is 61.4 Å². The molecule has 0 spiro atoms. The second-order valence-electron chi connectivity index (χ2n) is 6.97. The van der Waals surface area contributed by atoms with Gasteiger partial charge in [-0.05, 0) is 24.3 Å². The molecule has 1 amide bonds. The highest BCUT2D eigenvalue weighted by Crippen LogP contribution is 2.37. The van der Waals surface area contributed by atoms with Crippen molar-refractivity contribution in [3.63, 3.8) is 0 Å². The third-order valence-electron chi connectivity index (χ3n) is 5.07. The number of aromatic nitrogens is 2. The number of benzene rings is 1. The maximum atomic E-state index is 12.3. The molecule has 140 valence electrons. The second kappa shape index (κ2) is 8.85. The van der Waals surface area contributed by atoms with Crippen LogP contribution in [0.4, 0.5) is 0 Å². The molecule has 1 aliphatic rings. The monoisotopic (exact) mass is 397 g/mol. The SMILES string of the molecule is O=C(CSc1ncnc2scc(-c3ccccc3)c12)NCC1CCCCC1. The van der Waals surface area contributed by atoms with Crippen LogP contribution in [0.1, 0.15) is 32.1 Å². The predicted molar refractivity (Wildman–Crippen MR) is 113 cm³/mol. The third kappa shape index (κ3) is 4.50. The highest BCUT2D eigenvalue weighted by atomic mass is 32.2. The lowest BCUT2D eigenvalue weighted by Crippen LogP contribution is -2.31. The van der Waals surface area contributed by atoms with Crippen LogP contribution in [0, 0.1) is 5.92 Å². The van der Waals surface area contributed by atoms with Crippen molar-refractivity contribution in [3.05, 3.63) is 42.0 Å². The largest absolute Gasteiger partial charge is 0.355 e.